The van der Waals surface area contributed by atoms with Crippen LogP contribution >= 0.6 is 0 Å². The van der Waals surface area contributed by atoms with Crippen LogP contribution in [0.2, 0.25) is 0 Å². The van der Waals surface area contributed by atoms with Gasteiger partial charge in [-0.15, -0.1) is 0 Å². The zero-order valence-electron chi connectivity index (χ0n) is 14.2. The van der Waals surface area contributed by atoms with Crippen molar-refractivity contribution >= 4 is 17.6 Å². The largest absolute Gasteiger partial charge is 0.360 e. The van der Waals surface area contributed by atoms with Gasteiger partial charge in [0.2, 0.25) is 5.95 Å². The predicted molar refractivity (Wildman–Crippen MR) is 95.6 cm³/mol. The van der Waals surface area contributed by atoms with Crippen molar-refractivity contribution in [1.29, 1.82) is 0 Å². The number of anilines is 3. The van der Waals surface area contributed by atoms with Crippen molar-refractivity contribution < 1.29 is 4.52 Å². The molecule has 1 N–H and O–H groups in total. The molecular formula is C18H21N5O. The highest BCUT2D eigenvalue weighted by Crippen LogP contribution is 2.24. The van der Waals surface area contributed by atoms with Crippen LogP contribution in [0.5, 0.6) is 0 Å². The van der Waals surface area contributed by atoms with Gasteiger partial charge in [0.25, 0.3) is 0 Å². The van der Waals surface area contributed by atoms with Crippen LogP contribution in [0.15, 0.2) is 47.0 Å². The van der Waals surface area contributed by atoms with E-state index in [2.05, 4.69) is 39.2 Å². The van der Waals surface area contributed by atoms with E-state index in [9.17, 15) is 0 Å². The molecule has 0 bridgehead atoms. The topological polar surface area (TPSA) is 67.1 Å². The van der Waals surface area contributed by atoms with Gasteiger partial charge in [-0.25, -0.2) is 4.98 Å². The second kappa shape index (κ2) is 7.12. The molecule has 0 atom stereocenters. The third-order valence-electron chi connectivity index (χ3n) is 3.74. The molecule has 3 rings (SSSR count). The van der Waals surface area contributed by atoms with Crippen molar-refractivity contribution in [3.8, 4) is 11.3 Å². The van der Waals surface area contributed by atoms with Crippen molar-refractivity contribution in [1.82, 2.24) is 15.1 Å². The molecule has 0 spiro atoms. The predicted octanol–water partition coefficient (Wildman–Crippen LogP) is 4.03. The molecule has 0 saturated carbocycles. The van der Waals surface area contributed by atoms with Gasteiger partial charge in [-0.2, -0.15) is 4.98 Å². The minimum Gasteiger partial charge on any atom is -0.360 e. The van der Waals surface area contributed by atoms with Crippen molar-refractivity contribution in [3.63, 3.8) is 0 Å². The Hall–Kier alpha value is -2.89. The second-order valence-corrected chi connectivity index (χ2v) is 5.42. The van der Waals surface area contributed by atoms with Crippen molar-refractivity contribution in [2.24, 2.45) is 0 Å². The van der Waals surface area contributed by atoms with Gasteiger partial charge in [0.15, 0.2) is 5.82 Å². The van der Waals surface area contributed by atoms with Gasteiger partial charge in [0, 0.05) is 30.8 Å². The Morgan fingerprint density at radius 3 is 2.42 bits per heavy atom. The maximum absolute atomic E-state index is 5.09. The molecule has 2 aromatic heterocycles. The number of aromatic nitrogens is 3. The minimum absolute atomic E-state index is 0.506. The smallest absolute Gasteiger partial charge is 0.231 e. The summed E-state index contributed by atoms with van der Waals surface area (Å²) < 4.78 is 5.09. The quantitative estimate of drug-likeness (QED) is 0.739. The van der Waals surface area contributed by atoms with E-state index in [0.717, 1.165) is 35.9 Å². The highest BCUT2D eigenvalue weighted by molar-refractivity contribution is 5.66. The third kappa shape index (κ3) is 3.53. The summed E-state index contributed by atoms with van der Waals surface area (Å²) in [6.45, 7) is 7.83. The number of aryl methyl sites for hydroxylation is 1. The Bertz CT molecular complexity index is 796. The van der Waals surface area contributed by atoms with Crippen LogP contribution < -0.4 is 10.2 Å². The summed E-state index contributed by atoms with van der Waals surface area (Å²) in [7, 11) is 0. The van der Waals surface area contributed by atoms with E-state index in [-0.39, 0.29) is 0 Å². The van der Waals surface area contributed by atoms with Crippen LogP contribution in [0.4, 0.5) is 17.6 Å². The number of hydrogen-bond acceptors (Lipinski definition) is 6. The molecule has 0 saturated heterocycles. The Morgan fingerprint density at radius 1 is 1.04 bits per heavy atom. The Kier molecular flexibility index (Phi) is 4.74. The number of nitrogens with zero attached hydrogens (tertiary/aromatic N) is 4. The molecule has 6 heteroatoms. The first-order chi connectivity index (χ1) is 11.7. The fraction of sp³-hybridized carbons (Fsp3) is 0.278. The number of rotatable bonds is 6. The molecule has 0 fully saturated rings. The number of hydrogen-bond donors (Lipinski definition) is 1. The highest BCUT2D eigenvalue weighted by atomic mass is 16.5. The van der Waals surface area contributed by atoms with Gasteiger partial charge >= 0.3 is 0 Å². The lowest BCUT2D eigenvalue weighted by Crippen LogP contribution is -2.23. The van der Waals surface area contributed by atoms with E-state index in [1.165, 1.54) is 0 Å². The lowest BCUT2D eigenvalue weighted by Gasteiger charge is -2.21. The van der Waals surface area contributed by atoms with Crippen LogP contribution in [0, 0.1) is 6.92 Å². The van der Waals surface area contributed by atoms with Gasteiger partial charge in [0.05, 0.1) is 5.69 Å². The molecule has 124 valence electrons. The Balaban J connectivity index is 2.02. The molecule has 0 aliphatic heterocycles. The lowest BCUT2D eigenvalue weighted by molar-refractivity contribution is 0.400. The summed E-state index contributed by atoms with van der Waals surface area (Å²) in [5.74, 6) is 2.73. The minimum atomic E-state index is 0.506. The third-order valence-corrected chi connectivity index (χ3v) is 3.74. The van der Waals surface area contributed by atoms with Crippen LogP contribution in [-0.2, 0) is 0 Å². The first-order valence-corrected chi connectivity index (χ1v) is 8.09. The summed E-state index contributed by atoms with van der Waals surface area (Å²) in [6.07, 6.45) is 0. The normalized spacial score (nSPS) is 10.6. The van der Waals surface area contributed by atoms with E-state index in [0.29, 0.717) is 11.8 Å². The van der Waals surface area contributed by atoms with Crippen LogP contribution in [0.1, 0.15) is 19.6 Å². The van der Waals surface area contributed by atoms with Crippen LogP contribution in [-0.4, -0.2) is 28.2 Å². The molecule has 24 heavy (non-hydrogen) atoms. The molecule has 0 radical (unpaired) electrons. The first-order valence-electron chi connectivity index (χ1n) is 8.09. The summed E-state index contributed by atoms with van der Waals surface area (Å²) in [5, 5.41) is 7.07. The number of benzene rings is 1. The molecule has 0 aliphatic rings. The van der Waals surface area contributed by atoms with E-state index >= 15 is 0 Å². The van der Waals surface area contributed by atoms with Crippen molar-refractivity contribution in [2.75, 3.05) is 23.3 Å². The van der Waals surface area contributed by atoms with Crippen molar-refractivity contribution in [2.45, 2.75) is 20.8 Å². The summed E-state index contributed by atoms with van der Waals surface area (Å²) in [6, 6.07) is 13.9. The molecule has 2 heterocycles. The van der Waals surface area contributed by atoms with E-state index in [4.69, 9.17) is 4.52 Å². The molecule has 0 unspecified atom stereocenters. The summed E-state index contributed by atoms with van der Waals surface area (Å²) in [5.41, 5.74) is 1.92. The fourth-order valence-corrected chi connectivity index (χ4v) is 2.50. The average Bonchev–Trinajstić information content (AvgIpc) is 3.01. The lowest BCUT2D eigenvalue weighted by atomic mass is 10.1. The van der Waals surface area contributed by atoms with Gasteiger partial charge in [-0.3, -0.25) is 0 Å². The monoisotopic (exact) mass is 323 g/mol. The molecule has 6 nitrogen and oxygen atoms in total. The summed E-state index contributed by atoms with van der Waals surface area (Å²) in [4.78, 5) is 11.4. The maximum Gasteiger partial charge on any atom is 0.231 e. The van der Waals surface area contributed by atoms with E-state index < -0.39 is 0 Å². The molecule has 1 aromatic carbocycles. The standard InChI is InChI=1S/C18H21N5O/c1-4-23(5-2)17-12-15(14-9-7-6-8-10-14)19-18(21-17)20-16-11-13(3)24-22-16/h6-12H,4-5H2,1-3H3,(H,19,20,21,22). The van der Waals surface area contributed by atoms with Gasteiger partial charge in [-0.1, -0.05) is 35.5 Å². The van der Waals surface area contributed by atoms with Crippen LogP contribution in [0.25, 0.3) is 11.3 Å². The fourth-order valence-electron chi connectivity index (χ4n) is 2.50. The average molecular weight is 323 g/mol. The van der Waals surface area contributed by atoms with Gasteiger partial charge in [-0.05, 0) is 20.8 Å². The Labute approximate surface area is 141 Å². The highest BCUT2D eigenvalue weighted by Gasteiger charge is 2.12. The first kappa shape index (κ1) is 16.0. The van der Waals surface area contributed by atoms with Gasteiger partial charge in [0.1, 0.15) is 11.6 Å². The second-order valence-electron chi connectivity index (χ2n) is 5.42. The van der Waals surface area contributed by atoms with E-state index in [1.54, 1.807) is 0 Å². The zero-order chi connectivity index (χ0) is 16.9. The molecule has 3 aromatic rings. The maximum atomic E-state index is 5.09. The van der Waals surface area contributed by atoms with Crippen molar-refractivity contribution in [3.05, 3.63) is 48.2 Å². The number of nitrogens with one attached hydrogen (secondary N) is 1. The van der Waals surface area contributed by atoms with Gasteiger partial charge < -0.3 is 14.7 Å². The zero-order valence-corrected chi connectivity index (χ0v) is 14.2. The van der Waals surface area contributed by atoms with E-state index in [1.807, 2.05) is 49.4 Å². The Morgan fingerprint density at radius 2 is 1.79 bits per heavy atom. The van der Waals surface area contributed by atoms with Crippen LogP contribution in [0.3, 0.4) is 0 Å². The SMILES string of the molecule is CCN(CC)c1cc(-c2ccccc2)nc(Nc2cc(C)on2)n1. The molecular weight excluding hydrogens is 302 g/mol. The summed E-state index contributed by atoms with van der Waals surface area (Å²) >= 11 is 0. The molecule has 0 aliphatic carbocycles. The molecule has 0 amide bonds.